The van der Waals surface area contributed by atoms with Crippen molar-refractivity contribution in [3.63, 3.8) is 0 Å². The first-order valence-electron chi connectivity index (χ1n) is 11.2. The molecule has 2 aromatic carbocycles. The van der Waals surface area contributed by atoms with E-state index in [-0.39, 0.29) is 18.1 Å². The largest absolute Gasteiger partial charge is 0.487 e. The number of hydrogen-bond acceptors (Lipinski definition) is 5. The molecule has 0 N–H and O–H groups in total. The second-order valence-electron chi connectivity index (χ2n) is 8.21. The highest BCUT2D eigenvalue weighted by atomic mass is 32.1. The molecule has 0 aliphatic carbocycles. The Bertz CT molecular complexity index is 1030. The first-order valence-corrected chi connectivity index (χ1v) is 12.0. The third kappa shape index (κ3) is 4.72. The lowest BCUT2D eigenvalue weighted by molar-refractivity contribution is -0.0969. The number of carbonyl (C=O) groups is 1. The zero-order valence-corrected chi connectivity index (χ0v) is 18.8. The van der Waals surface area contributed by atoms with E-state index in [1.165, 1.54) is 11.3 Å². The van der Waals surface area contributed by atoms with Gasteiger partial charge in [0.15, 0.2) is 6.29 Å². The maximum atomic E-state index is 13.6. The van der Waals surface area contributed by atoms with Gasteiger partial charge < -0.3 is 19.1 Å². The molecule has 1 unspecified atom stereocenters. The average Bonchev–Trinajstić information content (AvgIpc) is 3.54. The van der Waals surface area contributed by atoms with Crippen molar-refractivity contribution in [3.8, 4) is 16.2 Å². The minimum atomic E-state index is -0.192. The standard InChI is InChI=1S/C26H27NO4S/c28-25(27-13-7-12-21(17-27)26-29-14-15-30-26)24-22(31-18-19-8-3-1-4-9-19)16-23(32-24)20-10-5-2-6-11-20/h1-6,8-11,16,21,26H,7,12-15,17-18H2. The van der Waals surface area contributed by atoms with Gasteiger partial charge in [-0.25, -0.2) is 0 Å². The van der Waals surface area contributed by atoms with Crippen LogP contribution < -0.4 is 4.74 Å². The van der Waals surface area contributed by atoms with Crippen molar-refractivity contribution < 1.29 is 19.0 Å². The first kappa shape index (κ1) is 21.2. The molecule has 2 fully saturated rings. The SMILES string of the molecule is O=C(c1sc(-c2ccccc2)cc1OCc1ccccc1)N1CCCC(C2OCCO2)C1. The maximum Gasteiger partial charge on any atom is 0.267 e. The first-order chi connectivity index (χ1) is 15.8. The molecule has 2 saturated heterocycles. The Hall–Kier alpha value is -2.67. The van der Waals surface area contributed by atoms with Gasteiger partial charge >= 0.3 is 0 Å². The fraction of sp³-hybridized carbons (Fsp3) is 0.346. The Labute approximate surface area is 192 Å². The van der Waals surface area contributed by atoms with Crippen LogP contribution in [0.25, 0.3) is 10.4 Å². The topological polar surface area (TPSA) is 48.0 Å². The van der Waals surface area contributed by atoms with Crippen LogP contribution in [-0.4, -0.2) is 43.4 Å². The fourth-order valence-corrected chi connectivity index (χ4v) is 5.39. The van der Waals surface area contributed by atoms with Gasteiger partial charge in [0.2, 0.25) is 0 Å². The Morgan fingerprint density at radius 3 is 2.50 bits per heavy atom. The smallest absolute Gasteiger partial charge is 0.267 e. The number of nitrogens with zero attached hydrogens (tertiary/aromatic N) is 1. The van der Waals surface area contributed by atoms with E-state index in [1.54, 1.807) is 0 Å². The second kappa shape index (κ2) is 9.86. The third-order valence-corrected chi connectivity index (χ3v) is 7.12. The fourth-order valence-electron chi connectivity index (χ4n) is 4.32. The van der Waals surface area contributed by atoms with Crippen molar-refractivity contribution in [1.29, 1.82) is 0 Å². The molecule has 0 saturated carbocycles. The van der Waals surface area contributed by atoms with Gasteiger partial charge in [-0.1, -0.05) is 60.7 Å². The average molecular weight is 450 g/mol. The van der Waals surface area contributed by atoms with Gasteiger partial charge in [0.05, 0.1) is 13.2 Å². The number of likely N-dealkylation sites (tertiary alicyclic amines) is 1. The van der Waals surface area contributed by atoms with Crippen LogP contribution in [0.4, 0.5) is 0 Å². The number of hydrogen-bond donors (Lipinski definition) is 0. The summed E-state index contributed by atoms with van der Waals surface area (Å²) in [5.41, 5.74) is 2.16. The summed E-state index contributed by atoms with van der Waals surface area (Å²) in [6.07, 6.45) is 1.78. The van der Waals surface area contributed by atoms with Crippen molar-refractivity contribution >= 4 is 17.2 Å². The van der Waals surface area contributed by atoms with Gasteiger partial charge in [-0.05, 0) is 30.0 Å². The minimum absolute atomic E-state index is 0.0305. The molecule has 3 heterocycles. The summed E-state index contributed by atoms with van der Waals surface area (Å²) >= 11 is 1.50. The third-order valence-electron chi connectivity index (χ3n) is 5.97. The van der Waals surface area contributed by atoms with Gasteiger partial charge in [-0.2, -0.15) is 0 Å². The van der Waals surface area contributed by atoms with Crippen LogP contribution in [0, 0.1) is 5.92 Å². The van der Waals surface area contributed by atoms with Gasteiger partial charge in [-0.3, -0.25) is 4.79 Å². The molecule has 5 nitrogen and oxygen atoms in total. The summed E-state index contributed by atoms with van der Waals surface area (Å²) in [4.78, 5) is 17.2. The van der Waals surface area contributed by atoms with E-state index in [1.807, 2.05) is 59.5 Å². The molecule has 6 heteroatoms. The zero-order valence-electron chi connectivity index (χ0n) is 17.9. The molecule has 0 bridgehead atoms. The summed E-state index contributed by atoms with van der Waals surface area (Å²) in [6, 6.07) is 22.2. The molecule has 3 aromatic rings. The van der Waals surface area contributed by atoms with E-state index in [2.05, 4.69) is 12.1 Å². The van der Waals surface area contributed by atoms with Crippen molar-refractivity contribution in [2.75, 3.05) is 26.3 Å². The van der Waals surface area contributed by atoms with Crippen LogP contribution in [0.2, 0.25) is 0 Å². The van der Waals surface area contributed by atoms with E-state index in [9.17, 15) is 4.79 Å². The van der Waals surface area contributed by atoms with Crippen LogP contribution in [0.1, 0.15) is 28.1 Å². The molecule has 2 aliphatic rings. The minimum Gasteiger partial charge on any atom is -0.487 e. The molecule has 32 heavy (non-hydrogen) atoms. The number of ether oxygens (including phenoxy) is 3. The lowest BCUT2D eigenvalue weighted by Gasteiger charge is -2.34. The lowest BCUT2D eigenvalue weighted by Crippen LogP contribution is -2.43. The van der Waals surface area contributed by atoms with Gasteiger partial charge in [0.1, 0.15) is 17.2 Å². The number of piperidine rings is 1. The van der Waals surface area contributed by atoms with E-state index in [4.69, 9.17) is 14.2 Å². The highest BCUT2D eigenvalue weighted by Gasteiger charge is 2.34. The summed E-state index contributed by atoms with van der Waals surface area (Å²) in [5.74, 6) is 0.901. The maximum absolute atomic E-state index is 13.6. The number of thiophene rings is 1. The normalized spacial score (nSPS) is 19.2. The van der Waals surface area contributed by atoms with Crippen LogP contribution in [-0.2, 0) is 16.1 Å². The molecule has 1 atom stereocenters. The molecule has 5 rings (SSSR count). The lowest BCUT2D eigenvalue weighted by atomic mass is 9.97. The molecular formula is C26H27NO4S. The second-order valence-corrected chi connectivity index (χ2v) is 9.26. The van der Waals surface area contributed by atoms with Crippen molar-refractivity contribution in [1.82, 2.24) is 4.90 Å². The van der Waals surface area contributed by atoms with Crippen molar-refractivity contribution in [2.24, 2.45) is 5.92 Å². The van der Waals surface area contributed by atoms with E-state index < -0.39 is 0 Å². The Morgan fingerprint density at radius 2 is 1.75 bits per heavy atom. The van der Waals surface area contributed by atoms with Gasteiger partial charge in [0, 0.05) is 23.9 Å². The van der Waals surface area contributed by atoms with E-state index in [0.717, 1.165) is 35.4 Å². The number of rotatable bonds is 6. The van der Waals surface area contributed by atoms with Crippen LogP contribution in [0.5, 0.6) is 5.75 Å². The molecule has 2 aliphatic heterocycles. The van der Waals surface area contributed by atoms with Gasteiger partial charge in [0.25, 0.3) is 5.91 Å². The van der Waals surface area contributed by atoms with Crippen LogP contribution in [0.15, 0.2) is 66.7 Å². The summed E-state index contributed by atoms with van der Waals surface area (Å²) in [6.45, 7) is 3.10. The van der Waals surface area contributed by atoms with Gasteiger partial charge in [-0.15, -0.1) is 11.3 Å². The van der Waals surface area contributed by atoms with Crippen LogP contribution >= 0.6 is 11.3 Å². The molecule has 166 valence electrons. The molecular weight excluding hydrogens is 422 g/mol. The van der Waals surface area contributed by atoms with Crippen LogP contribution in [0.3, 0.4) is 0 Å². The predicted molar refractivity (Wildman–Crippen MR) is 125 cm³/mol. The summed E-state index contributed by atoms with van der Waals surface area (Å²) < 4.78 is 17.6. The quantitative estimate of drug-likeness (QED) is 0.518. The number of benzene rings is 2. The van der Waals surface area contributed by atoms with Crippen molar-refractivity contribution in [3.05, 3.63) is 77.2 Å². The van der Waals surface area contributed by atoms with E-state index >= 15 is 0 Å². The zero-order chi connectivity index (χ0) is 21.8. The highest BCUT2D eigenvalue weighted by Crippen LogP contribution is 2.38. The molecule has 0 spiro atoms. The summed E-state index contributed by atoms with van der Waals surface area (Å²) in [5, 5.41) is 0. The molecule has 1 amide bonds. The Morgan fingerprint density at radius 1 is 1.03 bits per heavy atom. The van der Waals surface area contributed by atoms with Crippen molar-refractivity contribution in [2.45, 2.75) is 25.7 Å². The monoisotopic (exact) mass is 449 g/mol. The van der Waals surface area contributed by atoms with E-state index in [0.29, 0.717) is 37.0 Å². The number of carbonyl (C=O) groups excluding carboxylic acids is 1. The highest BCUT2D eigenvalue weighted by molar-refractivity contribution is 7.17. The molecule has 0 radical (unpaired) electrons. The Balaban J connectivity index is 1.39. The number of amides is 1. The predicted octanol–water partition coefficient (Wildman–Crippen LogP) is 5.22. The summed E-state index contributed by atoms with van der Waals surface area (Å²) in [7, 11) is 0. The molecule has 1 aromatic heterocycles. The Kier molecular flexibility index (Phi) is 6.53.